The van der Waals surface area contributed by atoms with E-state index >= 15 is 0 Å². The maximum Gasteiger partial charge on any atom is 0.316 e. The quantitative estimate of drug-likeness (QED) is 0.513. The van der Waals surface area contributed by atoms with Crippen molar-refractivity contribution in [2.75, 3.05) is 7.11 Å². The molecule has 0 amide bonds. The van der Waals surface area contributed by atoms with E-state index in [9.17, 15) is 14.4 Å². The van der Waals surface area contributed by atoms with E-state index in [4.69, 9.17) is 0 Å². The van der Waals surface area contributed by atoms with Gasteiger partial charge in [0, 0.05) is 18.8 Å². The molecule has 2 aliphatic rings. The number of ketones is 2. The molecule has 0 aliphatic heterocycles. The number of Topliss-reactive ketones (excluding diaryl/α,β-unsaturated/α-hetero) is 2. The van der Waals surface area contributed by atoms with Crippen LogP contribution < -0.4 is 0 Å². The fraction of sp³-hybridized carbons (Fsp3) is 0.786. The summed E-state index contributed by atoms with van der Waals surface area (Å²) >= 11 is 0. The molecule has 0 N–H and O–H groups in total. The van der Waals surface area contributed by atoms with Crippen LogP contribution >= 0.6 is 0 Å². The summed E-state index contributed by atoms with van der Waals surface area (Å²) in [5, 5.41) is 0. The van der Waals surface area contributed by atoms with Crippen molar-refractivity contribution < 1.29 is 19.1 Å². The van der Waals surface area contributed by atoms with Gasteiger partial charge in [0.2, 0.25) is 0 Å². The number of ether oxygens (including phenoxy) is 1. The Hall–Kier alpha value is -1.19. The second-order valence-corrected chi connectivity index (χ2v) is 5.50. The van der Waals surface area contributed by atoms with Crippen molar-refractivity contribution in [3.63, 3.8) is 0 Å². The minimum absolute atomic E-state index is 0.0252. The maximum atomic E-state index is 12.1. The highest BCUT2D eigenvalue weighted by Gasteiger charge is 2.37. The highest BCUT2D eigenvalue weighted by atomic mass is 16.5. The van der Waals surface area contributed by atoms with Crippen LogP contribution in [0, 0.1) is 17.8 Å². The third-order valence-electron chi connectivity index (χ3n) is 3.98. The number of rotatable bonds is 7. The van der Waals surface area contributed by atoms with Crippen molar-refractivity contribution in [3.05, 3.63) is 0 Å². The lowest BCUT2D eigenvalue weighted by atomic mass is 9.76. The Morgan fingerprint density at radius 3 is 2.28 bits per heavy atom. The highest BCUT2D eigenvalue weighted by Crippen LogP contribution is 2.34. The minimum Gasteiger partial charge on any atom is -0.468 e. The molecule has 18 heavy (non-hydrogen) atoms. The van der Waals surface area contributed by atoms with Crippen molar-refractivity contribution in [3.8, 4) is 0 Å². The first kappa shape index (κ1) is 13.2. The van der Waals surface area contributed by atoms with Crippen molar-refractivity contribution in [1.82, 2.24) is 0 Å². The Kier molecular flexibility index (Phi) is 4.15. The number of carbonyl (C=O) groups is 3. The Morgan fingerprint density at radius 2 is 1.83 bits per heavy atom. The fourth-order valence-electron chi connectivity index (χ4n) is 2.37. The largest absolute Gasteiger partial charge is 0.468 e. The van der Waals surface area contributed by atoms with Gasteiger partial charge in [-0.2, -0.15) is 0 Å². The lowest BCUT2D eigenvalue weighted by molar-refractivity contribution is -0.153. The molecule has 1 atom stereocenters. The maximum absolute atomic E-state index is 12.1. The monoisotopic (exact) mass is 252 g/mol. The van der Waals surface area contributed by atoms with Crippen LogP contribution in [-0.2, 0) is 19.1 Å². The lowest BCUT2D eigenvalue weighted by Crippen LogP contribution is -2.35. The summed E-state index contributed by atoms with van der Waals surface area (Å²) in [5.74, 6) is -0.988. The van der Waals surface area contributed by atoms with E-state index in [1.807, 2.05) is 0 Å². The summed E-state index contributed by atoms with van der Waals surface area (Å²) in [6.07, 6.45) is 5.51. The molecule has 2 aliphatic carbocycles. The van der Waals surface area contributed by atoms with Gasteiger partial charge < -0.3 is 4.74 Å². The molecule has 0 radical (unpaired) electrons. The molecule has 1 unspecified atom stereocenters. The molecule has 0 heterocycles. The summed E-state index contributed by atoms with van der Waals surface area (Å²) < 4.78 is 4.66. The second-order valence-electron chi connectivity index (χ2n) is 5.50. The van der Waals surface area contributed by atoms with Crippen molar-refractivity contribution in [2.24, 2.45) is 17.8 Å². The van der Waals surface area contributed by atoms with Crippen molar-refractivity contribution in [1.29, 1.82) is 0 Å². The number of hydrogen-bond acceptors (Lipinski definition) is 4. The Labute approximate surface area is 107 Å². The predicted molar refractivity (Wildman–Crippen MR) is 64.8 cm³/mol. The van der Waals surface area contributed by atoms with Crippen molar-refractivity contribution >= 4 is 17.5 Å². The average molecular weight is 252 g/mol. The van der Waals surface area contributed by atoms with E-state index in [1.165, 1.54) is 7.11 Å². The number of methoxy groups -OCH3 is 1. The lowest BCUT2D eigenvalue weighted by Gasteiger charge is -2.27. The van der Waals surface area contributed by atoms with Gasteiger partial charge in [0.05, 0.1) is 7.11 Å². The first-order valence-corrected chi connectivity index (χ1v) is 6.75. The van der Waals surface area contributed by atoms with E-state index < -0.39 is 11.9 Å². The summed E-state index contributed by atoms with van der Waals surface area (Å²) in [5.41, 5.74) is 0. The van der Waals surface area contributed by atoms with Crippen LogP contribution in [0.5, 0.6) is 0 Å². The SMILES string of the molecule is COC(=O)C(CC(=O)CC1CC1)C(=O)C1CCC1. The molecule has 0 bridgehead atoms. The normalized spacial score (nSPS) is 20.9. The zero-order valence-corrected chi connectivity index (χ0v) is 10.8. The molecule has 100 valence electrons. The molecule has 2 rings (SSSR count). The van der Waals surface area contributed by atoms with E-state index in [0.29, 0.717) is 12.3 Å². The molecule has 2 saturated carbocycles. The molecule has 0 aromatic rings. The molecule has 4 heteroatoms. The van der Waals surface area contributed by atoms with Gasteiger partial charge in [-0.05, 0) is 31.6 Å². The van der Waals surface area contributed by atoms with Gasteiger partial charge in [-0.1, -0.05) is 6.42 Å². The topological polar surface area (TPSA) is 60.4 Å². The zero-order chi connectivity index (χ0) is 13.1. The molecule has 0 spiro atoms. The van der Waals surface area contributed by atoms with Crippen LogP contribution in [0.25, 0.3) is 0 Å². The summed E-state index contributed by atoms with van der Waals surface area (Å²) in [7, 11) is 1.27. The molecule has 0 aromatic heterocycles. The predicted octanol–water partition coefficient (Wildman–Crippen LogP) is 1.90. The third kappa shape index (κ3) is 3.18. The molecular weight excluding hydrogens is 232 g/mol. The van der Waals surface area contributed by atoms with E-state index in [0.717, 1.165) is 32.1 Å². The number of esters is 1. The Morgan fingerprint density at radius 1 is 1.17 bits per heavy atom. The van der Waals surface area contributed by atoms with Crippen LogP contribution in [0.4, 0.5) is 0 Å². The van der Waals surface area contributed by atoms with E-state index in [2.05, 4.69) is 4.74 Å². The summed E-state index contributed by atoms with van der Waals surface area (Å²) in [6, 6.07) is 0. The van der Waals surface area contributed by atoms with E-state index in [-0.39, 0.29) is 23.9 Å². The van der Waals surface area contributed by atoms with Crippen LogP contribution in [-0.4, -0.2) is 24.6 Å². The molecule has 2 fully saturated rings. The van der Waals surface area contributed by atoms with Gasteiger partial charge >= 0.3 is 5.97 Å². The van der Waals surface area contributed by atoms with Gasteiger partial charge in [0.15, 0.2) is 5.78 Å². The standard InChI is InChI=1S/C14H20O4/c1-18-14(17)12(13(16)10-3-2-4-10)8-11(15)7-9-5-6-9/h9-10,12H,2-8H2,1H3. The minimum atomic E-state index is -0.855. The average Bonchev–Trinajstić information content (AvgIpc) is 3.06. The van der Waals surface area contributed by atoms with Crippen LogP contribution in [0.15, 0.2) is 0 Å². The van der Waals surface area contributed by atoms with Crippen LogP contribution in [0.3, 0.4) is 0 Å². The van der Waals surface area contributed by atoms with Crippen LogP contribution in [0.1, 0.15) is 44.9 Å². The fourth-order valence-corrected chi connectivity index (χ4v) is 2.37. The smallest absolute Gasteiger partial charge is 0.316 e. The van der Waals surface area contributed by atoms with Crippen LogP contribution in [0.2, 0.25) is 0 Å². The highest BCUT2D eigenvalue weighted by molar-refractivity contribution is 6.03. The summed E-state index contributed by atoms with van der Waals surface area (Å²) in [4.78, 5) is 35.5. The Bertz CT molecular complexity index is 353. The van der Waals surface area contributed by atoms with Gasteiger partial charge in [-0.3, -0.25) is 14.4 Å². The zero-order valence-electron chi connectivity index (χ0n) is 10.8. The second kappa shape index (κ2) is 5.63. The third-order valence-corrected chi connectivity index (χ3v) is 3.98. The first-order chi connectivity index (χ1) is 8.61. The molecule has 4 nitrogen and oxygen atoms in total. The molecule has 0 saturated heterocycles. The summed E-state index contributed by atoms with van der Waals surface area (Å²) in [6.45, 7) is 0. The van der Waals surface area contributed by atoms with Gasteiger partial charge in [-0.15, -0.1) is 0 Å². The molecular formula is C14H20O4. The van der Waals surface area contributed by atoms with Gasteiger partial charge in [0.1, 0.15) is 11.7 Å². The van der Waals surface area contributed by atoms with E-state index in [1.54, 1.807) is 0 Å². The first-order valence-electron chi connectivity index (χ1n) is 6.75. The Balaban J connectivity index is 1.92. The molecule has 0 aromatic carbocycles. The van der Waals surface area contributed by atoms with Crippen molar-refractivity contribution in [2.45, 2.75) is 44.9 Å². The number of carbonyl (C=O) groups excluding carboxylic acids is 3. The number of hydrogen-bond donors (Lipinski definition) is 0. The van der Waals surface area contributed by atoms with Gasteiger partial charge in [-0.25, -0.2) is 0 Å². The van der Waals surface area contributed by atoms with Gasteiger partial charge in [0.25, 0.3) is 0 Å².